The molecule has 4 aliphatic heterocycles. The van der Waals surface area contributed by atoms with Crippen molar-refractivity contribution in [2.75, 3.05) is 52.0 Å². The molecule has 4 aliphatic rings. The number of aliphatic hydroxyl groups excluding tert-OH is 1. The molecule has 0 bridgehead atoms. The summed E-state index contributed by atoms with van der Waals surface area (Å²) in [5.74, 6) is 1.22. The van der Waals surface area contributed by atoms with E-state index in [-0.39, 0.29) is 52.9 Å². The summed E-state index contributed by atoms with van der Waals surface area (Å²) in [6.07, 6.45) is 4.73. The van der Waals surface area contributed by atoms with Gasteiger partial charge in [-0.25, -0.2) is 14.7 Å². The lowest BCUT2D eigenvalue weighted by Crippen LogP contribution is -2.51. The number of fused-ring (bicyclic) bond motifs is 4. The van der Waals surface area contributed by atoms with Gasteiger partial charge in [0, 0.05) is 42.9 Å². The Morgan fingerprint density at radius 1 is 0.966 bits per heavy atom. The number of amides is 3. The molecule has 5 heterocycles. The van der Waals surface area contributed by atoms with Gasteiger partial charge in [0.15, 0.2) is 29.2 Å². The lowest BCUT2D eigenvalue weighted by molar-refractivity contribution is 0.0491. The van der Waals surface area contributed by atoms with Crippen LogP contribution in [-0.2, 0) is 4.74 Å². The molecule has 0 unspecified atom stereocenters. The maximum absolute atomic E-state index is 14.0. The van der Waals surface area contributed by atoms with Crippen LogP contribution in [0.3, 0.4) is 0 Å². The lowest BCUT2D eigenvalue weighted by atomic mass is 9.91. The van der Waals surface area contributed by atoms with E-state index in [4.69, 9.17) is 23.7 Å². The molecule has 4 atom stereocenters. The van der Waals surface area contributed by atoms with Crippen molar-refractivity contribution in [1.82, 2.24) is 14.8 Å². The van der Waals surface area contributed by atoms with E-state index in [1.807, 2.05) is 36.2 Å². The van der Waals surface area contributed by atoms with Crippen molar-refractivity contribution in [2.45, 2.75) is 81.5 Å². The Kier molecular flexibility index (Phi) is 13.0. The minimum absolute atomic E-state index is 0.0306. The highest BCUT2D eigenvalue weighted by atomic mass is 33.1. The Hall–Kier alpha value is -4.93. The van der Waals surface area contributed by atoms with Gasteiger partial charge in [-0.15, -0.1) is 0 Å². The summed E-state index contributed by atoms with van der Waals surface area (Å²) >= 11 is 0. The van der Waals surface area contributed by atoms with Crippen LogP contribution in [0.15, 0.2) is 70.8 Å². The molecule has 0 radical (unpaired) electrons. The molecule has 3 amide bonds. The average molecular weight is 846 g/mol. The van der Waals surface area contributed by atoms with E-state index < -0.39 is 18.4 Å². The molecule has 1 N–H and O–H groups in total. The standard InChI is InChI=1S/C43H51N5O9S2/c1-26-16-33-41(51)48(42(52)57-24-27(2)58-59-38-12-8-9-13-44-38)32-20-37(35(54-6)18-30(32)40(50)46(33)23-26)56-15-11-7-10-14-55-36-19-31-29(17-34(36)53-5)39(49)47-25-43(3,4)21-28(47)22-45-31/h8-9,12-13,17-20,22,27-28,33,41,51H,1,7,10-11,14-16,21,23-25H2,2-6H3/t27-,28+,33+,41+/m1/s1. The highest BCUT2D eigenvalue weighted by molar-refractivity contribution is 8.76. The number of aliphatic imine (C=N–C) groups is 1. The number of pyridine rings is 1. The zero-order valence-electron chi connectivity index (χ0n) is 34.0. The maximum atomic E-state index is 14.0. The molecule has 0 aliphatic carbocycles. The second kappa shape index (κ2) is 18.1. The van der Waals surface area contributed by atoms with Crippen molar-refractivity contribution in [2.24, 2.45) is 10.4 Å². The first kappa shape index (κ1) is 42.2. The molecule has 2 saturated heterocycles. The summed E-state index contributed by atoms with van der Waals surface area (Å²) in [6, 6.07) is 11.5. The van der Waals surface area contributed by atoms with E-state index in [1.165, 1.54) is 28.7 Å². The molecule has 7 rings (SSSR count). The molecule has 2 fully saturated rings. The number of nitrogens with zero attached hydrogens (tertiary/aromatic N) is 5. The Balaban J connectivity index is 0.979. The summed E-state index contributed by atoms with van der Waals surface area (Å²) in [7, 11) is 6.03. The third-order valence-corrected chi connectivity index (χ3v) is 13.5. The van der Waals surface area contributed by atoms with Crippen molar-refractivity contribution in [3.05, 3.63) is 71.9 Å². The molecule has 0 spiro atoms. The summed E-state index contributed by atoms with van der Waals surface area (Å²) in [5, 5.41) is 12.4. The van der Waals surface area contributed by atoms with Gasteiger partial charge in [-0.2, -0.15) is 0 Å². The summed E-state index contributed by atoms with van der Waals surface area (Å²) in [4.78, 5) is 54.9. The first-order chi connectivity index (χ1) is 28.4. The number of rotatable bonds is 15. The Bertz CT molecular complexity index is 2100. The third kappa shape index (κ3) is 9.29. The zero-order chi connectivity index (χ0) is 41.8. The van der Waals surface area contributed by atoms with Gasteiger partial charge < -0.3 is 38.6 Å². The van der Waals surface area contributed by atoms with Crippen LogP contribution in [0.25, 0.3) is 0 Å². The number of carbonyl (C=O) groups is 3. The molecule has 14 nitrogen and oxygen atoms in total. The number of aromatic nitrogens is 1. The van der Waals surface area contributed by atoms with Crippen LogP contribution in [0.2, 0.25) is 0 Å². The van der Waals surface area contributed by atoms with E-state index in [0.717, 1.165) is 28.3 Å². The molecule has 3 aromatic rings. The van der Waals surface area contributed by atoms with Crippen LogP contribution < -0.4 is 23.8 Å². The lowest BCUT2D eigenvalue weighted by Gasteiger charge is -2.31. The Labute approximate surface area is 352 Å². The zero-order valence-corrected chi connectivity index (χ0v) is 35.7. The molecule has 0 saturated carbocycles. The van der Waals surface area contributed by atoms with Gasteiger partial charge in [0.2, 0.25) is 0 Å². The van der Waals surface area contributed by atoms with Crippen molar-refractivity contribution in [3.63, 3.8) is 0 Å². The molecule has 2 aromatic carbocycles. The van der Waals surface area contributed by atoms with Crippen LogP contribution in [-0.4, -0.2) is 115 Å². The predicted molar refractivity (Wildman–Crippen MR) is 228 cm³/mol. The van der Waals surface area contributed by atoms with Crippen LogP contribution in [0.5, 0.6) is 23.0 Å². The monoisotopic (exact) mass is 845 g/mol. The number of anilines is 1. The fourth-order valence-corrected chi connectivity index (χ4v) is 9.72. The number of carbonyl (C=O) groups excluding carboxylic acids is 3. The molecular weight excluding hydrogens is 795 g/mol. The SMILES string of the molecule is C=C1C[C@H]2[C@H](O)N(C(=O)OC[C@@H](C)SSc3ccccn3)c3cc(OCCCCCOc4cc5c(cc4OC)C(=O)N4CC(C)(C)C[C@H]4C=N5)c(OC)cc3C(=O)N2C1. The molecular formula is C43H51N5O9S2. The number of methoxy groups -OCH3 is 2. The smallest absolute Gasteiger partial charge is 0.416 e. The quantitative estimate of drug-likeness (QED) is 0.0913. The number of aliphatic hydroxyl groups is 1. The van der Waals surface area contributed by atoms with Gasteiger partial charge in [0.1, 0.15) is 11.6 Å². The number of hydrogen-bond acceptors (Lipinski definition) is 13. The van der Waals surface area contributed by atoms with Gasteiger partial charge in [-0.1, -0.05) is 42.9 Å². The minimum atomic E-state index is -1.39. The largest absolute Gasteiger partial charge is 0.493 e. The maximum Gasteiger partial charge on any atom is 0.416 e. The first-order valence-electron chi connectivity index (χ1n) is 19.8. The average Bonchev–Trinajstić information content (AvgIpc) is 3.73. The fraction of sp³-hybridized carbons (Fsp3) is 0.465. The van der Waals surface area contributed by atoms with Crippen LogP contribution >= 0.6 is 21.6 Å². The van der Waals surface area contributed by atoms with Gasteiger partial charge >= 0.3 is 6.09 Å². The van der Waals surface area contributed by atoms with Crippen molar-refractivity contribution < 1.29 is 43.2 Å². The van der Waals surface area contributed by atoms with Gasteiger partial charge in [0.05, 0.1) is 62.0 Å². The number of hydrogen-bond donors (Lipinski definition) is 1. The van der Waals surface area contributed by atoms with E-state index in [9.17, 15) is 19.5 Å². The highest BCUT2D eigenvalue weighted by Crippen LogP contribution is 2.44. The predicted octanol–water partition coefficient (Wildman–Crippen LogP) is 7.56. The third-order valence-electron chi connectivity index (χ3n) is 10.7. The molecule has 59 heavy (non-hydrogen) atoms. The normalized spacial score (nSPS) is 20.9. The van der Waals surface area contributed by atoms with Crippen LogP contribution in [0.4, 0.5) is 16.2 Å². The van der Waals surface area contributed by atoms with Crippen LogP contribution in [0.1, 0.15) is 73.6 Å². The summed E-state index contributed by atoms with van der Waals surface area (Å²) in [6.45, 7) is 12.0. The van der Waals surface area contributed by atoms with E-state index >= 15 is 0 Å². The van der Waals surface area contributed by atoms with Crippen LogP contribution in [0, 0.1) is 5.41 Å². The summed E-state index contributed by atoms with van der Waals surface area (Å²) in [5.41, 5.74) is 2.23. The Morgan fingerprint density at radius 2 is 1.66 bits per heavy atom. The van der Waals surface area contributed by atoms with Crippen molar-refractivity contribution in [1.29, 1.82) is 0 Å². The highest BCUT2D eigenvalue weighted by Gasteiger charge is 2.46. The molecule has 1 aromatic heterocycles. The topological polar surface area (TPSA) is 153 Å². The van der Waals surface area contributed by atoms with Gasteiger partial charge in [-0.3, -0.25) is 14.6 Å². The fourth-order valence-electron chi connectivity index (χ4n) is 7.84. The summed E-state index contributed by atoms with van der Waals surface area (Å²) < 4.78 is 29.4. The van der Waals surface area contributed by atoms with E-state index in [1.54, 1.807) is 42.5 Å². The second-order valence-electron chi connectivity index (χ2n) is 15.9. The van der Waals surface area contributed by atoms with Crippen molar-refractivity contribution in [3.8, 4) is 23.0 Å². The second-order valence-corrected chi connectivity index (χ2v) is 18.6. The van der Waals surface area contributed by atoms with E-state index in [0.29, 0.717) is 73.3 Å². The number of benzene rings is 2. The van der Waals surface area contributed by atoms with Gasteiger partial charge in [0.25, 0.3) is 11.8 Å². The van der Waals surface area contributed by atoms with E-state index in [2.05, 4.69) is 30.4 Å². The Morgan fingerprint density at radius 3 is 2.36 bits per heavy atom. The molecule has 16 heteroatoms. The minimum Gasteiger partial charge on any atom is -0.493 e. The molecule has 314 valence electrons. The number of ether oxygens (including phenoxy) is 5. The van der Waals surface area contributed by atoms with Gasteiger partial charge in [-0.05, 0) is 79.5 Å². The van der Waals surface area contributed by atoms with Crippen molar-refractivity contribution >= 4 is 57.1 Å². The first-order valence-corrected chi connectivity index (χ1v) is 22.0. The number of unbranched alkanes of at least 4 members (excludes halogenated alkanes) is 2.